The molecule has 1 saturated carbocycles. The number of rotatable bonds is 6. The summed E-state index contributed by atoms with van der Waals surface area (Å²) in [4.78, 5) is 9.00. The summed E-state index contributed by atoms with van der Waals surface area (Å²) in [5, 5.41) is 8.14. The molecule has 4 rings (SSSR count). The van der Waals surface area contributed by atoms with Crippen LogP contribution in [0.4, 0.5) is 0 Å². The van der Waals surface area contributed by atoms with Gasteiger partial charge in [-0.2, -0.15) is 0 Å². The van der Waals surface area contributed by atoms with Gasteiger partial charge in [0.2, 0.25) is 5.16 Å². The molecule has 1 N–H and O–H groups in total. The molecular weight excluding hydrogens is 294 g/mol. The molecule has 0 amide bonds. The maximum Gasteiger partial charge on any atom is 0.208 e. The zero-order chi connectivity index (χ0) is 14.8. The van der Waals surface area contributed by atoms with Crippen molar-refractivity contribution in [3.05, 3.63) is 59.9 Å². The summed E-state index contributed by atoms with van der Waals surface area (Å²) in [7, 11) is 0. The van der Waals surface area contributed by atoms with E-state index < -0.39 is 0 Å². The summed E-state index contributed by atoms with van der Waals surface area (Å²) in [6.45, 7) is 0.845. The number of thioether (sulfide) groups is 1. The standard InChI is InChI=1S/C16H17N5S/c1-2-4-12(5-3-1)10-21-9-8-17-14(21)11-22-16-18-15(19-20-16)13-6-7-13/h1-5,8-9,13H,6-7,10-11H2,(H,18,19,20). The molecule has 0 atom stereocenters. The van der Waals surface area contributed by atoms with Crippen LogP contribution in [0.2, 0.25) is 0 Å². The maximum absolute atomic E-state index is 4.54. The molecule has 1 aliphatic rings. The molecule has 0 saturated heterocycles. The summed E-state index contributed by atoms with van der Waals surface area (Å²) in [5.41, 5.74) is 1.28. The molecule has 22 heavy (non-hydrogen) atoms. The number of aromatic nitrogens is 5. The Labute approximate surface area is 133 Å². The summed E-state index contributed by atoms with van der Waals surface area (Å²) in [6, 6.07) is 10.4. The van der Waals surface area contributed by atoms with E-state index in [4.69, 9.17) is 0 Å². The normalized spacial score (nSPS) is 14.4. The Bertz CT molecular complexity index is 745. The fraction of sp³-hybridized carbons (Fsp3) is 0.312. The van der Waals surface area contributed by atoms with Gasteiger partial charge in [0.1, 0.15) is 11.6 Å². The summed E-state index contributed by atoms with van der Waals surface area (Å²) in [6.07, 6.45) is 6.35. The van der Waals surface area contributed by atoms with E-state index in [1.165, 1.54) is 18.4 Å². The SMILES string of the molecule is c1ccc(Cn2ccnc2CSc2n[nH]c(C3CC3)n2)cc1. The van der Waals surface area contributed by atoms with Gasteiger partial charge in [0.05, 0.1) is 5.75 Å². The first kappa shape index (κ1) is 13.6. The van der Waals surface area contributed by atoms with Gasteiger partial charge < -0.3 is 4.57 Å². The van der Waals surface area contributed by atoms with Crippen LogP contribution in [0.1, 0.15) is 36.0 Å². The topological polar surface area (TPSA) is 59.4 Å². The van der Waals surface area contributed by atoms with Gasteiger partial charge in [0.15, 0.2) is 0 Å². The average Bonchev–Trinajstić information content (AvgIpc) is 3.13. The van der Waals surface area contributed by atoms with Crippen molar-refractivity contribution < 1.29 is 0 Å². The number of nitrogens with one attached hydrogen (secondary N) is 1. The molecule has 5 nitrogen and oxygen atoms in total. The van der Waals surface area contributed by atoms with Crippen LogP contribution in [0.3, 0.4) is 0 Å². The zero-order valence-corrected chi connectivity index (χ0v) is 13.0. The maximum atomic E-state index is 4.54. The van der Waals surface area contributed by atoms with Crippen LogP contribution in [0.25, 0.3) is 0 Å². The van der Waals surface area contributed by atoms with Crippen molar-refractivity contribution >= 4 is 11.8 Å². The number of hydrogen-bond donors (Lipinski definition) is 1. The van der Waals surface area contributed by atoms with Gasteiger partial charge in [0.25, 0.3) is 0 Å². The number of nitrogens with zero attached hydrogens (tertiary/aromatic N) is 4. The van der Waals surface area contributed by atoms with Crippen molar-refractivity contribution in [3.8, 4) is 0 Å². The Morgan fingerprint density at radius 1 is 1.23 bits per heavy atom. The second-order valence-electron chi connectivity index (χ2n) is 5.52. The van der Waals surface area contributed by atoms with Gasteiger partial charge in [-0.3, -0.25) is 5.10 Å². The Hall–Kier alpha value is -2.08. The van der Waals surface area contributed by atoms with Crippen LogP contribution < -0.4 is 0 Å². The number of benzene rings is 1. The zero-order valence-electron chi connectivity index (χ0n) is 12.1. The lowest BCUT2D eigenvalue weighted by Gasteiger charge is -2.07. The molecule has 0 bridgehead atoms. The highest BCUT2D eigenvalue weighted by molar-refractivity contribution is 7.98. The highest BCUT2D eigenvalue weighted by Gasteiger charge is 2.27. The summed E-state index contributed by atoms with van der Waals surface area (Å²) in [5.74, 6) is 3.48. The highest BCUT2D eigenvalue weighted by Crippen LogP contribution is 2.38. The number of hydrogen-bond acceptors (Lipinski definition) is 4. The summed E-state index contributed by atoms with van der Waals surface area (Å²) < 4.78 is 2.18. The molecule has 0 unspecified atom stereocenters. The fourth-order valence-electron chi connectivity index (χ4n) is 2.40. The first-order valence-corrected chi connectivity index (χ1v) is 8.46. The van der Waals surface area contributed by atoms with Crippen molar-refractivity contribution in [2.75, 3.05) is 0 Å². The third kappa shape index (κ3) is 3.06. The molecule has 0 spiro atoms. The van der Waals surface area contributed by atoms with Crippen molar-refractivity contribution in [2.45, 2.75) is 36.2 Å². The number of aromatic amines is 1. The molecule has 0 aliphatic heterocycles. The Morgan fingerprint density at radius 2 is 2.09 bits per heavy atom. The third-order valence-electron chi connectivity index (χ3n) is 3.77. The summed E-state index contributed by atoms with van der Waals surface area (Å²) >= 11 is 1.63. The minimum Gasteiger partial charge on any atom is -0.330 e. The van der Waals surface area contributed by atoms with Gasteiger partial charge in [-0.15, -0.1) is 5.10 Å². The Morgan fingerprint density at radius 3 is 2.91 bits per heavy atom. The van der Waals surface area contributed by atoms with E-state index in [1.807, 2.05) is 18.5 Å². The second-order valence-corrected chi connectivity index (χ2v) is 6.47. The largest absolute Gasteiger partial charge is 0.330 e. The fourth-order valence-corrected chi connectivity index (χ4v) is 3.17. The predicted octanol–water partition coefficient (Wildman–Crippen LogP) is 3.22. The average molecular weight is 311 g/mol. The van der Waals surface area contributed by atoms with E-state index in [1.54, 1.807) is 11.8 Å². The van der Waals surface area contributed by atoms with Gasteiger partial charge in [-0.05, 0) is 18.4 Å². The monoisotopic (exact) mass is 311 g/mol. The third-order valence-corrected chi connectivity index (χ3v) is 4.62. The van der Waals surface area contributed by atoms with Gasteiger partial charge in [-0.1, -0.05) is 42.1 Å². The van der Waals surface area contributed by atoms with Crippen molar-refractivity contribution in [1.29, 1.82) is 0 Å². The lowest BCUT2D eigenvalue weighted by molar-refractivity contribution is 0.756. The van der Waals surface area contributed by atoms with E-state index in [-0.39, 0.29) is 0 Å². The minimum absolute atomic E-state index is 0.613. The van der Waals surface area contributed by atoms with Crippen LogP contribution >= 0.6 is 11.8 Å². The molecule has 3 aromatic rings. The van der Waals surface area contributed by atoms with Gasteiger partial charge in [0, 0.05) is 24.9 Å². The van der Waals surface area contributed by atoms with Crippen LogP contribution in [-0.2, 0) is 12.3 Å². The molecule has 2 aromatic heterocycles. The highest BCUT2D eigenvalue weighted by atomic mass is 32.2. The van der Waals surface area contributed by atoms with Crippen LogP contribution in [-0.4, -0.2) is 24.7 Å². The smallest absolute Gasteiger partial charge is 0.208 e. The van der Waals surface area contributed by atoms with E-state index in [0.29, 0.717) is 5.92 Å². The molecule has 0 radical (unpaired) electrons. The van der Waals surface area contributed by atoms with Gasteiger partial charge in [-0.25, -0.2) is 9.97 Å². The molecule has 1 fully saturated rings. The number of H-pyrrole nitrogens is 1. The molecule has 1 aliphatic carbocycles. The first-order chi connectivity index (χ1) is 10.9. The Kier molecular flexibility index (Phi) is 3.68. The Balaban J connectivity index is 1.41. The van der Waals surface area contributed by atoms with Crippen molar-refractivity contribution in [1.82, 2.24) is 24.7 Å². The van der Waals surface area contributed by atoms with E-state index in [0.717, 1.165) is 29.1 Å². The lowest BCUT2D eigenvalue weighted by Crippen LogP contribution is -2.03. The van der Waals surface area contributed by atoms with E-state index in [9.17, 15) is 0 Å². The number of imidazole rings is 1. The van der Waals surface area contributed by atoms with Crippen molar-refractivity contribution in [3.63, 3.8) is 0 Å². The quantitative estimate of drug-likeness (QED) is 0.710. The predicted molar refractivity (Wildman–Crippen MR) is 85.7 cm³/mol. The molecule has 2 heterocycles. The van der Waals surface area contributed by atoms with E-state index in [2.05, 4.69) is 49.0 Å². The minimum atomic E-state index is 0.613. The van der Waals surface area contributed by atoms with E-state index >= 15 is 0 Å². The second kappa shape index (κ2) is 5.96. The molecule has 112 valence electrons. The van der Waals surface area contributed by atoms with Crippen LogP contribution in [0.5, 0.6) is 0 Å². The van der Waals surface area contributed by atoms with Crippen LogP contribution in [0.15, 0.2) is 47.9 Å². The molecule has 1 aromatic carbocycles. The van der Waals surface area contributed by atoms with Crippen molar-refractivity contribution in [2.24, 2.45) is 0 Å². The lowest BCUT2D eigenvalue weighted by atomic mass is 10.2. The molecule has 6 heteroatoms. The first-order valence-electron chi connectivity index (χ1n) is 7.47. The van der Waals surface area contributed by atoms with Gasteiger partial charge >= 0.3 is 0 Å². The van der Waals surface area contributed by atoms with Crippen LogP contribution in [0, 0.1) is 0 Å². The molecular formula is C16H17N5S.